The van der Waals surface area contributed by atoms with Crippen LogP contribution < -0.4 is 5.32 Å². The Labute approximate surface area is 115 Å². The zero-order valence-electron chi connectivity index (χ0n) is 10.6. The van der Waals surface area contributed by atoms with Crippen LogP contribution in [0.15, 0.2) is 16.8 Å². The predicted molar refractivity (Wildman–Crippen MR) is 69.7 cm³/mol. The summed E-state index contributed by atoms with van der Waals surface area (Å²) in [6, 6.07) is 1.89. The topological polar surface area (TPSA) is 84.9 Å². The third-order valence-electron chi connectivity index (χ3n) is 2.22. The molecule has 0 aliphatic carbocycles. The first-order chi connectivity index (χ1) is 9.13. The second-order valence-electron chi connectivity index (χ2n) is 3.72. The minimum Gasteiger partial charge on any atom is -0.456 e. The number of hydrogen-bond donors (Lipinski definition) is 2. The molecule has 2 N–H and O–H groups in total. The zero-order chi connectivity index (χ0) is 14.1. The van der Waals surface area contributed by atoms with Crippen molar-refractivity contribution in [3.63, 3.8) is 0 Å². The van der Waals surface area contributed by atoms with E-state index in [0.717, 1.165) is 5.56 Å². The molecule has 0 saturated carbocycles. The zero-order valence-corrected chi connectivity index (χ0v) is 11.4. The Bertz CT molecular complexity index is 393. The summed E-state index contributed by atoms with van der Waals surface area (Å²) in [6.07, 6.45) is -0.320. The number of carbonyl (C=O) groups excluding carboxylic acids is 2. The lowest BCUT2D eigenvalue weighted by Crippen LogP contribution is -2.33. The van der Waals surface area contributed by atoms with E-state index < -0.39 is 5.97 Å². The fraction of sp³-hybridized carbons (Fsp3) is 0.500. The standard InChI is InChI=1S/C12H17NO5S/c1-9(15)18-7-12(16)13-6-11(17-4-3-14)10-2-5-19-8-10/h2,5,8,11,14H,3-4,6-7H2,1H3,(H,13,16). The van der Waals surface area contributed by atoms with Gasteiger partial charge in [-0.05, 0) is 22.4 Å². The summed E-state index contributed by atoms with van der Waals surface area (Å²) in [5.41, 5.74) is 0.936. The van der Waals surface area contributed by atoms with Gasteiger partial charge >= 0.3 is 5.97 Å². The van der Waals surface area contributed by atoms with Gasteiger partial charge in [-0.2, -0.15) is 11.3 Å². The third-order valence-corrected chi connectivity index (χ3v) is 2.92. The molecule has 0 aliphatic rings. The molecule has 0 aliphatic heterocycles. The summed E-state index contributed by atoms with van der Waals surface area (Å²) in [5.74, 6) is -0.885. The van der Waals surface area contributed by atoms with Crippen LogP contribution in [0.4, 0.5) is 0 Å². The average molecular weight is 287 g/mol. The third kappa shape index (κ3) is 6.32. The first-order valence-corrected chi connectivity index (χ1v) is 6.72. The summed E-state index contributed by atoms with van der Waals surface area (Å²) in [4.78, 5) is 22.0. The molecule has 0 radical (unpaired) electrons. The van der Waals surface area contributed by atoms with Crippen LogP contribution in [0.25, 0.3) is 0 Å². The average Bonchev–Trinajstić information content (AvgIpc) is 2.90. The van der Waals surface area contributed by atoms with Crippen molar-refractivity contribution in [1.82, 2.24) is 5.32 Å². The normalized spacial score (nSPS) is 11.9. The Kier molecular flexibility index (Phi) is 7.09. The van der Waals surface area contributed by atoms with Gasteiger partial charge in [-0.3, -0.25) is 9.59 Å². The largest absolute Gasteiger partial charge is 0.456 e. The highest BCUT2D eigenvalue weighted by Crippen LogP contribution is 2.19. The van der Waals surface area contributed by atoms with Crippen molar-refractivity contribution in [2.45, 2.75) is 13.0 Å². The van der Waals surface area contributed by atoms with Gasteiger partial charge in [0.15, 0.2) is 6.61 Å². The van der Waals surface area contributed by atoms with Crippen molar-refractivity contribution in [2.24, 2.45) is 0 Å². The number of hydrogen-bond acceptors (Lipinski definition) is 6. The molecule has 19 heavy (non-hydrogen) atoms. The molecule has 0 aromatic carbocycles. The molecule has 6 nitrogen and oxygen atoms in total. The number of rotatable bonds is 8. The van der Waals surface area contributed by atoms with E-state index in [1.165, 1.54) is 18.3 Å². The minimum absolute atomic E-state index is 0.0813. The van der Waals surface area contributed by atoms with Crippen molar-refractivity contribution < 1.29 is 24.2 Å². The highest BCUT2D eigenvalue weighted by atomic mass is 32.1. The van der Waals surface area contributed by atoms with Crippen LogP contribution in [-0.4, -0.2) is 43.3 Å². The van der Waals surface area contributed by atoms with Crippen LogP contribution in [0.3, 0.4) is 0 Å². The van der Waals surface area contributed by atoms with Crippen LogP contribution in [-0.2, 0) is 19.1 Å². The van der Waals surface area contributed by atoms with E-state index >= 15 is 0 Å². The maximum absolute atomic E-state index is 11.4. The molecule has 0 fully saturated rings. The maximum atomic E-state index is 11.4. The van der Waals surface area contributed by atoms with Crippen molar-refractivity contribution >= 4 is 23.2 Å². The quantitative estimate of drug-likeness (QED) is 0.679. The van der Waals surface area contributed by atoms with Crippen LogP contribution in [0, 0.1) is 0 Å². The Balaban J connectivity index is 2.40. The summed E-state index contributed by atoms with van der Waals surface area (Å²) >= 11 is 1.53. The monoisotopic (exact) mass is 287 g/mol. The van der Waals surface area contributed by atoms with Crippen LogP contribution in [0.2, 0.25) is 0 Å². The summed E-state index contributed by atoms with van der Waals surface area (Å²) in [5, 5.41) is 15.2. The summed E-state index contributed by atoms with van der Waals surface area (Å²) < 4.78 is 10.0. The molecule has 1 aromatic heterocycles. The fourth-order valence-electron chi connectivity index (χ4n) is 1.35. The van der Waals surface area contributed by atoms with Gasteiger partial charge in [-0.1, -0.05) is 0 Å². The SMILES string of the molecule is CC(=O)OCC(=O)NCC(OCCO)c1ccsc1. The van der Waals surface area contributed by atoms with Gasteiger partial charge in [0.25, 0.3) is 5.91 Å². The molecular formula is C12H17NO5S. The molecule has 0 spiro atoms. The minimum atomic E-state index is -0.499. The fourth-order valence-corrected chi connectivity index (χ4v) is 2.05. The van der Waals surface area contributed by atoms with Gasteiger partial charge in [0.1, 0.15) is 6.10 Å². The number of ether oxygens (including phenoxy) is 2. The molecule has 1 heterocycles. The van der Waals surface area contributed by atoms with E-state index in [-0.39, 0.29) is 38.4 Å². The van der Waals surface area contributed by atoms with Crippen molar-refractivity contribution in [1.29, 1.82) is 0 Å². The van der Waals surface area contributed by atoms with E-state index in [0.29, 0.717) is 0 Å². The molecule has 1 atom stereocenters. The number of esters is 1. The molecule has 106 valence electrons. The van der Waals surface area contributed by atoms with Gasteiger partial charge < -0.3 is 19.9 Å². The first-order valence-electron chi connectivity index (χ1n) is 5.78. The smallest absolute Gasteiger partial charge is 0.303 e. The Hall–Kier alpha value is -1.44. The lowest BCUT2D eigenvalue weighted by molar-refractivity contribution is -0.146. The number of aliphatic hydroxyl groups is 1. The Morgan fingerprint density at radius 1 is 1.53 bits per heavy atom. The van der Waals surface area contributed by atoms with Gasteiger partial charge in [0.05, 0.1) is 13.2 Å². The second-order valence-corrected chi connectivity index (χ2v) is 4.50. The van der Waals surface area contributed by atoms with Crippen LogP contribution >= 0.6 is 11.3 Å². The van der Waals surface area contributed by atoms with Crippen LogP contribution in [0.5, 0.6) is 0 Å². The van der Waals surface area contributed by atoms with E-state index in [1.807, 2.05) is 16.8 Å². The van der Waals surface area contributed by atoms with Gasteiger partial charge in [-0.25, -0.2) is 0 Å². The lowest BCUT2D eigenvalue weighted by Gasteiger charge is -2.17. The van der Waals surface area contributed by atoms with Gasteiger partial charge in [-0.15, -0.1) is 0 Å². The van der Waals surface area contributed by atoms with E-state index in [9.17, 15) is 9.59 Å². The lowest BCUT2D eigenvalue weighted by atomic mass is 10.2. The van der Waals surface area contributed by atoms with Crippen LogP contribution in [0.1, 0.15) is 18.6 Å². The number of aliphatic hydroxyl groups excluding tert-OH is 1. The van der Waals surface area contributed by atoms with E-state index in [1.54, 1.807) is 0 Å². The highest BCUT2D eigenvalue weighted by molar-refractivity contribution is 7.07. The molecular weight excluding hydrogens is 270 g/mol. The Morgan fingerprint density at radius 3 is 2.89 bits per heavy atom. The van der Waals surface area contributed by atoms with Crippen molar-refractivity contribution in [3.05, 3.63) is 22.4 Å². The van der Waals surface area contributed by atoms with Gasteiger partial charge in [0, 0.05) is 13.5 Å². The van der Waals surface area contributed by atoms with E-state index in [2.05, 4.69) is 10.1 Å². The highest BCUT2D eigenvalue weighted by Gasteiger charge is 2.14. The Morgan fingerprint density at radius 2 is 2.32 bits per heavy atom. The second kappa shape index (κ2) is 8.63. The number of nitrogens with one attached hydrogen (secondary N) is 1. The summed E-state index contributed by atoms with van der Waals surface area (Å²) in [6.45, 7) is 1.32. The maximum Gasteiger partial charge on any atom is 0.303 e. The predicted octanol–water partition coefficient (Wildman–Crippen LogP) is 0.477. The molecule has 1 unspecified atom stereocenters. The first kappa shape index (κ1) is 15.6. The van der Waals surface area contributed by atoms with Gasteiger partial charge in [0.2, 0.25) is 0 Å². The van der Waals surface area contributed by atoms with E-state index in [4.69, 9.17) is 9.84 Å². The molecule has 1 rings (SSSR count). The van der Waals surface area contributed by atoms with Crippen molar-refractivity contribution in [3.8, 4) is 0 Å². The molecule has 1 amide bonds. The molecule has 1 aromatic rings. The summed E-state index contributed by atoms with van der Waals surface area (Å²) in [7, 11) is 0. The number of amides is 1. The van der Waals surface area contributed by atoms with Crippen molar-refractivity contribution in [2.75, 3.05) is 26.4 Å². The number of thiophene rings is 1. The molecule has 0 bridgehead atoms. The molecule has 0 saturated heterocycles. The number of carbonyl (C=O) groups is 2. The molecule has 7 heteroatoms.